The van der Waals surface area contributed by atoms with Crippen molar-refractivity contribution >= 4 is 5.91 Å². The Hall–Kier alpha value is -3.84. The summed E-state index contributed by atoms with van der Waals surface area (Å²) in [5, 5.41) is 6.57. The third-order valence-corrected chi connectivity index (χ3v) is 7.76. The van der Waals surface area contributed by atoms with Gasteiger partial charge in [-0.15, -0.1) is 0 Å². The lowest BCUT2D eigenvalue weighted by Crippen LogP contribution is -2.71. The predicted molar refractivity (Wildman–Crippen MR) is 131 cm³/mol. The van der Waals surface area contributed by atoms with Crippen molar-refractivity contribution in [3.8, 4) is 33.6 Å². The summed E-state index contributed by atoms with van der Waals surface area (Å²) >= 11 is 0. The quantitative estimate of drug-likeness (QED) is 0.474. The van der Waals surface area contributed by atoms with Gasteiger partial charge in [0.25, 0.3) is 5.91 Å². The summed E-state index contributed by atoms with van der Waals surface area (Å²) in [6.07, 6.45) is 7.89. The molecular formula is C28H24FN5O. The summed E-state index contributed by atoms with van der Waals surface area (Å²) in [5.74, 6) is -0.231. The summed E-state index contributed by atoms with van der Waals surface area (Å²) in [7, 11) is 2.08. The van der Waals surface area contributed by atoms with Crippen molar-refractivity contribution in [3.63, 3.8) is 0 Å². The molecule has 3 aliphatic rings. The van der Waals surface area contributed by atoms with Gasteiger partial charge in [-0.3, -0.25) is 14.8 Å². The second-order valence-electron chi connectivity index (χ2n) is 9.89. The topological polar surface area (TPSA) is 71.8 Å². The molecule has 2 aliphatic heterocycles. The summed E-state index contributed by atoms with van der Waals surface area (Å²) in [6, 6.07) is 10.7. The number of fused-ring (bicyclic) bond motifs is 5. The Morgan fingerprint density at radius 3 is 2.66 bits per heavy atom. The number of rotatable bonds is 2. The molecule has 1 spiro atoms. The van der Waals surface area contributed by atoms with Gasteiger partial charge in [0, 0.05) is 73.1 Å². The molecule has 6 nitrogen and oxygen atoms in total. The average molecular weight is 466 g/mol. The van der Waals surface area contributed by atoms with Crippen molar-refractivity contribution in [2.45, 2.75) is 24.8 Å². The minimum Gasteiger partial charge on any atom is -0.347 e. The molecule has 35 heavy (non-hydrogen) atoms. The standard InChI is InChI=1S/C28H24FN5O/c1-34-24-10-28(14-31-15-28)33-27(35)25(24)20-7-6-16-13-32-23(9-21(16)26(20)34)18-8-17(11-30-12-18)19-4-2-3-5-22(19)29/h2-5,8-9,11-13,31H,6-7,10,14-15H2,1H3,(H,33,35). The summed E-state index contributed by atoms with van der Waals surface area (Å²) in [5.41, 5.74) is 9.18. The van der Waals surface area contributed by atoms with Crippen molar-refractivity contribution in [2.75, 3.05) is 13.1 Å². The fourth-order valence-corrected chi connectivity index (χ4v) is 5.91. The Balaban J connectivity index is 1.34. The van der Waals surface area contributed by atoms with Gasteiger partial charge in [-0.05, 0) is 42.2 Å². The van der Waals surface area contributed by atoms with Crippen molar-refractivity contribution in [1.29, 1.82) is 0 Å². The van der Waals surface area contributed by atoms with Crippen LogP contribution in [0.2, 0.25) is 0 Å². The Labute approximate surface area is 202 Å². The van der Waals surface area contributed by atoms with Gasteiger partial charge in [-0.25, -0.2) is 4.39 Å². The monoisotopic (exact) mass is 465 g/mol. The van der Waals surface area contributed by atoms with E-state index in [0.29, 0.717) is 11.1 Å². The molecule has 5 heterocycles. The second-order valence-corrected chi connectivity index (χ2v) is 9.89. The molecule has 1 fully saturated rings. The maximum absolute atomic E-state index is 14.4. The number of pyridine rings is 2. The maximum atomic E-state index is 14.4. The Morgan fingerprint density at radius 1 is 1.03 bits per heavy atom. The van der Waals surface area contributed by atoms with Crippen LogP contribution in [-0.4, -0.2) is 39.1 Å². The molecular weight excluding hydrogens is 441 g/mol. The van der Waals surface area contributed by atoms with Crippen LogP contribution >= 0.6 is 0 Å². The zero-order chi connectivity index (χ0) is 23.7. The van der Waals surface area contributed by atoms with E-state index in [1.54, 1.807) is 24.5 Å². The van der Waals surface area contributed by atoms with Crippen LogP contribution in [0.25, 0.3) is 33.6 Å². The van der Waals surface area contributed by atoms with E-state index in [4.69, 9.17) is 4.98 Å². The van der Waals surface area contributed by atoms with E-state index in [1.165, 1.54) is 11.6 Å². The Kier molecular flexibility index (Phi) is 4.30. The van der Waals surface area contributed by atoms with E-state index in [2.05, 4.69) is 33.3 Å². The smallest absolute Gasteiger partial charge is 0.253 e. The van der Waals surface area contributed by atoms with E-state index in [0.717, 1.165) is 71.7 Å². The van der Waals surface area contributed by atoms with Crippen LogP contribution in [0, 0.1) is 5.82 Å². The Bertz CT molecular complexity index is 1530. The molecule has 4 aromatic rings. The van der Waals surface area contributed by atoms with Crippen LogP contribution in [0.15, 0.2) is 55.0 Å². The lowest BCUT2D eigenvalue weighted by Gasteiger charge is -2.45. The Morgan fingerprint density at radius 2 is 1.86 bits per heavy atom. The fraction of sp³-hybridized carbons (Fsp3) is 0.250. The number of aromatic nitrogens is 3. The third kappa shape index (κ3) is 3.01. The van der Waals surface area contributed by atoms with Gasteiger partial charge in [-0.2, -0.15) is 0 Å². The minimum absolute atomic E-state index is 0.0455. The van der Waals surface area contributed by atoms with Gasteiger partial charge in [0.2, 0.25) is 0 Å². The van der Waals surface area contributed by atoms with Crippen LogP contribution in [0.3, 0.4) is 0 Å². The number of nitrogens with zero attached hydrogens (tertiary/aromatic N) is 3. The number of carbonyl (C=O) groups excluding carboxylic acids is 1. The number of benzene rings is 1. The van der Waals surface area contributed by atoms with Gasteiger partial charge in [0.05, 0.1) is 22.5 Å². The molecule has 0 saturated carbocycles. The van der Waals surface area contributed by atoms with Gasteiger partial charge in [0.15, 0.2) is 0 Å². The first-order valence-corrected chi connectivity index (χ1v) is 12.0. The van der Waals surface area contributed by atoms with Crippen molar-refractivity contribution in [2.24, 2.45) is 7.05 Å². The molecule has 7 rings (SSSR count). The van der Waals surface area contributed by atoms with E-state index >= 15 is 0 Å². The fourth-order valence-electron chi connectivity index (χ4n) is 5.91. The van der Waals surface area contributed by atoms with Crippen LogP contribution in [0.1, 0.15) is 27.2 Å². The van der Waals surface area contributed by atoms with E-state index in [1.807, 2.05) is 18.3 Å². The minimum atomic E-state index is -0.276. The molecule has 7 heteroatoms. The molecule has 0 atom stereocenters. The largest absolute Gasteiger partial charge is 0.347 e. The second kappa shape index (κ2) is 7.33. The summed E-state index contributed by atoms with van der Waals surface area (Å²) in [6.45, 7) is 1.62. The number of aryl methyl sites for hydroxylation is 1. The molecule has 1 saturated heterocycles. The summed E-state index contributed by atoms with van der Waals surface area (Å²) < 4.78 is 16.6. The highest BCUT2D eigenvalue weighted by Gasteiger charge is 2.46. The van der Waals surface area contributed by atoms with Gasteiger partial charge < -0.3 is 15.2 Å². The number of carbonyl (C=O) groups is 1. The number of amides is 1. The first-order valence-electron chi connectivity index (χ1n) is 12.0. The number of hydrogen-bond donors (Lipinski definition) is 2. The lowest BCUT2D eigenvalue weighted by atomic mass is 9.81. The number of hydrogen-bond acceptors (Lipinski definition) is 4. The first-order chi connectivity index (χ1) is 17.0. The van der Waals surface area contributed by atoms with Crippen LogP contribution in [0.4, 0.5) is 4.39 Å². The molecule has 174 valence electrons. The molecule has 3 aromatic heterocycles. The molecule has 2 N–H and O–H groups in total. The molecule has 0 radical (unpaired) electrons. The molecule has 0 unspecified atom stereocenters. The first kappa shape index (κ1) is 20.5. The SMILES string of the molecule is Cn1c2c(c3c1-c1cc(-c4cncc(-c5ccccc5F)c4)ncc1CC3)C(=O)NC1(CNC1)C2. The van der Waals surface area contributed by atoms with Crippen LogP contribution in [-0.2, 0) is 26.3 Å². The zero-order valence-electron chi connectivity index (χ0n) is 19.4. The van der Waals surface area contributed by atoms with E-state index in [-0.39, 0.29) is 17.3 Å². The third-order valence-electron chi connectivity index (χ3n) is 7.76. The lowest BCUT2D eigenvalue weighted by molar-refractivity contribution is 0.0824. The zero-order valence-corrected chi connectivity index (χ0v) is 19.4. The van der Waals surface area contributed by atoms with Gasteiger partial charge >= 0.3 is 0 Å². The van der Waals surface area contributed by atoms with Gasteiger partial charge in [-0.1, -0.05) is 18.2 Å². The summed E-state index contributed by atoms with van der Waals surface area (Å²) in [4.78, 5) is 22.3. The van der Waals surface area contributed by atoms with Crippen molar-refractivity contribution in [1.82, 2.24) is 25.2 Å². The van der Waals surface area contributed by atoms with E-state index in [9.17, 15) is 9.18 Å². The number of nitrogens with one attached hydrogen (secondary N) is 2. The van der Waals surface area contributed by atoms with Crippen LogP contribution in [0.5, 0.6) is 0 Å². The maximum Gasteiger partial charge on any atom is 0.253 e. The average Bonchev–Trinajstić information content (AvgIpc) is 3.15. The highest BCUT2D eigenvalue weighted by Crippen LogP contribution is 2.42. The van der Waals surface area contributed by atoms with E-state index < -0.39 is 0 Å². The highest BCUT2D eigenvalue weighted by atomic mass is 19.1. The normalized spacial score (nSPS) is 17.3. The van der Waals surface area contributed by atoms with Crippen molar-refractivity contribution in [3.05, 3.63) is 83.2 Å². The molecule has 0 bridgehead atoms. The number of halogens is 1. The predicted octanol–water partition coefficient (Wildman–Crippen LogP) is 3.68. The van der Waals surface area contributed by atoms with Crippen molar-refractivity contribution < 1.29 is 9.18 Å². The van der Waals surface area contributed by atoms with Crippen LogP contribution < -0.4 is 10.6 Å². The molecule has 1 aromatic carbocycles. The highest BCUT2D eigenvalue weighted by molar-refractivity contribution is 6.01. The van der Waals surface area contributed by atoms with Gasteiger partial charge in [0.1, 0.15) is 5.82 Å². The molecule has 1 aliphatic carbocycles. The molecule has 1 amide bonds.